The summed E-state index contributed by atoms with van der Waals surface area (Å²) in [5, 5.41) is 4.02. The number of benzene rings is 1. The van der Waals surface area contributed by atoms with Crippen molar-refractivity contribution in [2.45, 2.75) is 12.4 Å². The van der Waals surface area contributed by atoms with E-state index in [0.29, 0.717) is 0 Å². The molecule has 1 aromatic carbocycles. The average molecular weight is 284 g/mol. The Morgan fingerprint density at radius 2 is 2.06 bits per heavy atom. The summed E-state index contributed by atoms with van der Waals surface area (Å²) in [5.74, 6) is 0. The van der Waals surface area contributed by atoms with Crippen molar-refractivity contribution in [1.29, 1.82) is 0 Å². The third kappa shape index (κ3) is 3.81. The molecule has 2 rings (SSSR count). The lowest BCUT2D eigenvalue weighted by molar-refractivity contribution is 1.07. The highest BCUT2D eigenvalue weighted by molar-refractivity contribution is 7.81. The van der Waals surface area contributed by atoms with Gasteiger partial charge in [-0.3, -0.25) is 0 Å². The second-order valence-corrected chi connectivity index (χ2v) is 6.17. The summed E-state index contributed by atoms with van der Waals surface area (Å²) < 4.78 is 0. The van der Waals surface area contributed by atoms with E-state index in [0.717, 1.165) is 21.2 Å². The van der Waals surface area contributed by atoms with E-state index < -0.39 is 0 Å². The fourth-order valence-corrected chi connectivity index (χ4v) is 2.99. The smallest absolute Gasteiger partial charge is 0.220 e. The van der Waals surface area contributed by atoms with E-state index in [2.05, 4.69) is 27.9 Å². The molecule has 7 heteroatoms. The minimum absolute atomic E-state index is 0.360. The first-order valence-electron chi connectivity index (χ1n) is 4.92. The molecule has 0 saturated carbocycles. The largest absolute Gasteiger partial charge is 0.362 e. The number of nitrogens with zero attached hydrogens (tertiary/aromatic N) is 2. The summed E-state index contributed by atoms with van der Waals surface area (Å²) in [6.45, 7) is 1.97. The van der Waals surface area contributed by atoms with Crippen molar-refractivity contribution in [1.82, 2.24) is 4.98 Å². The Morgan fingerprint density at radius 1 is 1.35 bits per heavy atom. The fraction of sp³-hybridized carbons (Fsp3) is 0.200. The minimum Gasteiger partial charge on any atom is -0.362 e. The van der Waals surface area contributed by atoms with Gasteiger partial charge in [0.05, 0.1) is 5.69 Å². The number of rotatable bonds is 3. The highest BCUT2D eigenvalue weighted by Crippen LogP contribution is 2.16. The quantitative estimate of drug-likeness (QED) is 0.460. The Balaban J connectivity index is 2.19. The van der Waals surface area contributed by atoms with E-state index in [1.165, 1.54) is 0 Å². The maximum atomic E-state index is 5.51. The summed E-state index contributed by atoms with van der Waals surface area (Å²) in [6.07, 6.45) is 0. The molecule has 0 spiro atoms. The zero-order valence-electron chi connectivity index (χ0n) is 9.12. The van der Waals surface area contributed by atoms with Gasteiger partial charge in [0, 0.05) is 5.69 Å². The number of hydrogen-bond acceptors (Lipinski definition) is 7. The van der Waals surface area contributed by atoms with Crippen LogP contribution in [-0.2, 0) is 0 Å². The van der Waals surface area contributed by atoms with Gasteiger partial charge in [-0.2, -0.15) is 0 Å². The third-order valence-electron chi connectivity index (χ3n) is 1.90. The fourth-order valence-electron chi connectivity index (χ4n) is 1.23. The Hall–Kier alpha value is -0.890. The van der Waals surface area contributed by atoms with Crippen LogP contribution < -0.4 is 15.9 Å². The number of hydrogen-bond donors (Lipinski definition) is 3. The van der Waals surface area contributed by atoms with Gasteiger partial charge >= 0.3 is 0 Å². The summed E-state index contributed by atoms with van der Waals surface area (Å²) in [7, 11) is 3.21. The Bertz CT molecular complexity index is 541. The molecular formula is C10H12N4S3. The third-order valence-corrected chi connectivity index (χ3v) is 4.19. The molecule has 1 heterocycles. The standard InChI is InChI=1S/C10H12N4S3/c1-6-12-10(17-16-6)14-8-4-2-7(3-5-8)13-9(11)15/h2-5,9,13,15H,11H2,1H3/t9-/m1/s1. The molecule has 0 radical (unpaired) electrons. The summed E-state index contributed by atoms with van der Waals surface area (Å²) >= 11 is 4.05. The summed E-state index contributed by atoms with van der Waals surface area (Å²) in [4.78, 5) is 9.51. The van der Waals surface area contributed by atoms with Crippen LogP contribution in [0.2, 0.25) is 0 Å². The number of thiol groups is 1. The molecule has 3 N–H and O–H groups in total. The molecule has 0 aliphatic carbocycles. The van der Waals surface area contributed by atoms with Gasteiger partial charge in [-0.1, -0.05) is 10.3 Å². The predicted molar refractivity (Wildman–Crippen MR) is 77.0 cm³/mol. The van der Waals surface area contributed by atoms with Gasteiger partial charge < -0.3 is 11.1 Å². The van der Waals surface area contributed by atoms with Crippen molar-refractivity contribution >= 4 is 44.7 Å². The van der Waals surface area contributed by atoms with Crippen LogP contribution in [-0.4, -0.2) is 10.5 Å². The number of nitrogens with two attached hydrogens (primary N) is 1. The second kappa shape index (κ2) is 5.63. The van der Waals surface area contributed by atoms with Crippen LogP contribution in [0.1, 0.15) is 5.01 Å². The minimum atomic E-state index is -0.360. The van der Waals surface area contributed by atoms with Gasteiger partial charge in [0.25, 0.3) is 0 Å². The maximum Gasteiger partial charge on any atom is 0.220 e. The monoisotopic (exact) mass is 284 g/mol. The first-order chi connectivity index (χ1) is 8.13. The lowest BCUT2D eigenvalue weighted by Crippen LogP contribution is -2.22. The van der Waals surface area contributed by atoms with Gasteiger partial charge in [-0.15, -0.1) is 12.6 Å². The van der Waals surface area contributed by atoms with Crippen molar-refractivity contribution < 1.29 is 0 Å². The van der Waals surface area contributed by atoms with Crippen LogP contribution in [0.3, 0.4) is 0 Å². The Morgan fingerprint density at radius 3 is 2.59 bits per heavy atom. The van der Waals surface area contributed by atoms with E-state index in [1.807, 2.05) is 31.2 Å². The molecule has 0 fully saturated rings. The first-order valence-corrected chi connectivity index (χ1v) is 7.59. The van der Waals surface area contributed by atoms with Crippen LogP contribution in [0, 0.1) is 6.92 Å². The zero-order chi connectivity index (χ0) is 12.3. The highest BCUT2D eigenvalue weighted by atomic mass is 32.9. The molecule has 2 aromatic rings. The summed E-state index contributed by atoms with van der Waals surface area (Å²) in [5.41, 5.74) is 6.95. The van der Waals surface area contributed by atoms with Gasteiger partial charge in [0.15, 0.2) is 0 Å². The molecule has 1 atom stereocenters. The van der Waals surface area contributed by atoms with Crippen LogP contribution in [0.15, 0.2) is 29.3 Å². The van der Waals surface area contributed by atoms with Gasteiger partial charge in [-0.05, 0) is 41.5 Å². The van der Waals surface area contributed by atoms with Gasteiger partial charge in [-0.25, -0.2) is 9.98 Å². The van der Waals surface area contributed by atoms with Crippen LogP contribution in [0.5, 0.6) is 0 Å². The normalized spacial score (nSPS) is 13.7. The average Bonchev–Trinajstić information content (AvgIpc) is 2.66. The first kappa shape index (κ1) is 12.6. The molecule has 0 amide bonds. The SMILES string of the molecule is Cc1nc(=Nc2ccc(N[C@@H](N)S)cc2)ss1. The molecule has 0 bridgehead atoms. The number of aryl methyl sites for hydroxylation is 1. The van der Waals surface area contributed by atoms with E-state index in [1.54, 1.807) is 20.7 Å². The van der Waals surface area contributed by atoms with Crippen LogP contribution in [0.25, 0.3) is 0 Å². The number of aromatic nitrogens is 1. The molecule has 0 aliphatic heterocycles. The number of nitrogens with one attached hydrogen (secondary N) is 1. The molecule has 0 unspecified atom stereocenters. The van der Waals surface area contributed by atoms with Crippen molar-refractivity contribution in [3.8, 4) is 0 Å². The van der Waals surface area contributed by atoms with Gasteiger partial charge in [0.2, 0.25) is 4.80 Å². The molecule has 4 nitrogen and oxygen atoms in total. The number of anilines is 1. The van der Waals surface area contributed by atoms with Gasteiger partial charge in [0.1, 0.15) is 10.5 Å². The molecule has 90 valence electrons. The van der Waals surface area contributed by atoms with E-state index in [4.69, 9.17) is 5.73 Å². The van der Waals surface area contributed by atoms with Crippen LogP contribution >= 0.6 is 33.3 Å². The molecule has 0 saturated heterocycles. The topological polar surface area (TPSA) is 63.3 Å². The molecule has 1 aromatic heterocycles. The van der Waals surface area contributed by atoms with Crippen molar-refractivity contribution in [2.24, 2.45) is 10.7 Å². The van der Waals surface area contributed by atoms with Crippen molar-refractivity contribution in [3.63, 3.8) is 0 Å². The molecule has 0 aliphatic rings. The van der Waals surface area contributed by atoms with Crippen molar-refractivity contribution in [2.75, 3.05) is 5.32 Å². The Labute approximate surface area is 112 Å². The zero-order valence-corrected chi connectivity index (χ0v) is 11.6. The Kier molecular flexibility index (Phi) is 4.16. The lowest BCUT2D eigenvalue weighted by Gasteiger charge is -2.08. The molecule has 17 heavy (non-hydrogen) atoms. The lowest BCUT2D eigenvalue weighted by atomic mass is 10.3. The van der Waals surface area contributed by atoms with E-state index >= 15 is 0 Å². The molecular weight excluding hydrogens is 272 g/mol. The van der Waals surface area contributed by atoms with E-state index in [-0.39, 0.29) is 5.50 Å². The summed E-state index contributed by atoms with van der Waals surface area (Å²) in [6, 6.07) is 7.66. The highest BCUT2D eigenvalue weighted by Gasteiger charge is 1.96. The predicted octanol–water partition coefficient (Wildman–Crippen LogP) is 2.33. The van der Waals surface area contributed by atoms with E-state index in [9.17, 15) is 0 Å². The van der Waals surface area contributed by atoms with Crippen LogP contribution in [0.4, 0.5) is 11.4 Å². The maximum absolute atomic E-state index is 5.51. The van der Waals surface area contributed by atoms with Crippen molar-refractivity contribution in [3.05, 3.63) is 34.1 Å². The second-order valence-electron chi connectivity index (χ2n) is 3.33.